The van der Waals surface area contributed by atoms with E-state index in [0.29, 0.717) is 37.1 Å². The molecule has 2 aliphatic rings. The second kappa shape index (κ2) is 10.1. The van der Waals surface area contributed by atoms with Gasteiger partial charge in [-0.05, 0) is 48.3 Å². The Morgan fingerprint density at radius 1 is 1.14 bits per heavy atom. The van der Waals surface area contributed by atoms with Gasteiger partial charge in [0.15, 0.2) is 0 Å². The third-order valence-electron chi connectivity index (χ3n) is 7.08. The summed E-state index contributed by atoms with van der Waals surface area (Å²) in [4.78, 5) is 30.6. The third kappa shape index (κ3) is 4.66. The van der Waals surface area contributed by atoms with Crippen molar-refractivity contribution in [2.24, 2.45) is 5.73 Å². The average molecular weight is 485 g/mol. The molecular weight excluding hydrogens is 454 g/mol. The van der Waals surface area contributed by atoms with Crippen molar-refractivity contribution in [1.82, 2.24) is 14.7 Å². The molecule has 1 unspecified atom stereocenters. The Morgan fingerprint density at radius 2 is 1.83 bits per heavy atom. The molecule has 0 aromatic heterocycles. The molecule has 0 spiro atoms. The van der Waals surface area contributed by atoms with Crippen LogP contribution in [0.1, 0.15) is 24.0 Å². The van der Waals surface area contributed by atoms with Crippen molar-refractivity contribution in [3.8, 4) is 0 Å². The molecule has 1 atom stereocenters. The number of carbonyl (C=O) groups excluding carboxylic acids is 2. The number of rotatable bonds is 5. The summed E-state index contributed by atoms with van der Waals surface area (Å²) >= 11 is 0. The maximum atomic E-state index is 14.7. The van der Waals surface area contributed by atoms with Crippen LogP contribution in [-0.4, -0.2) is 77.6 Å². The molecule has 1 fully saturated rings. The molecule has 2 aromatic rings. The van der Waals surface area contributed by atoms with Crippen molar-refractivity contribution in [3.63, 3.8) is 0 Å². The molecule has 0 aliphatic carbocycles. The maximum Gasteiger partial charge on any atom is 0.321 e. The van der Waals surface area contributed by atoms with E-state index >= 15 is 0 Å². The van der Waals surface area contributed by atoms with Gasteiger partial charge in [-0.25, -0.2) is 13.6 Å². The predicted molar refractivity (Wildman–Crippen MR) is 128 cm³/mol. The van der Waals surface area contributed by atoms with Crippen molar-refractivity contribution in [2.75, 3.05) is 39.8 Å². The predicted octanol–water partition coefficient (Wildman–Crippen LogP) is 2.55. The quantitative estimate of drug-likeness (QED) is 0.683. The minimum Gasteiger partial charge on any atom is -0.393 e. The van der Waals surface area contributed by atoms with E-state index in [0.717, 1.165) is 18.2 Å². The lowest BCUT2D eigenvalue weighted by Crippen LogP contribution is -2.56. The molecule has 0 radical (unpaired) electrons. The summed E-state index contributed by atoms with van der Waals surface area (Å²) in [6.07, 6.45) is 2.85. The summed E-state index contributed by atoms with van der Waals surface area (Å²) in [7, 11) is 1.70. The molecule has 186 valence electrons. The smallest absolute Gasteiger partial charge is 0.321 e. The molecule has 0 bridgehead atoms. The minimum absolute atomic E-state index is 0.00348. The standard InChI is InChI=1S/C26H30F2N4O3/c1-30(21-9-11-31(12-10-21)24(34)15-29)25(35)32-16-18(22-13-20(27)7-8-23(22)28)14-26(32,17-33)19-5-3-2-4-6-19/h2-8,13-14,21,33H,9-12,15-17,29H2,1H3. The van der Waals surface area contributed by atoms with Gasteiger partial charge in [-0.1, -0.05) is 30.3 Å². The van der Waals surface area contributed by atoms with Crippen LogP contribution >= 0.6 is 0 Å². The fourth-order valence-corrected chi connectivity index (χ4v) is 5.03. The summed E-state index contributed by atoms with van der Waals surface area (Å²) in [6.45, 7) is 0.526. The first-order chi connectivity index (χ1) is 16.8. The number of halogens is 2. The van der Waals surface area contributed by atoms with E-state index in [-0.39, 0.29) is 36.6 Å². The van der Waals surface area contributed by atoms with Crippen molar-refractivity contribution in [1.29, 1.82) is 0 Å². The Morgan fingerprint density at radius 3 is 2.46 bits per heavy atom. The fourth-order valence-electron chi connectivity index (χ4n) is 5.03. The number of hydrogen-bond acceptors (Lipinski definition) is 4. The monoisotopic (exact) mass is 484 g/mol. The zero-order valence-electron chi connectivity index (χ0n) is 19.7. The second-order valence-electron chi connectivity index (χ2n) is 9.04. The SMILES string of the molecule is CN(C(=O)N1CC(c2cc(F)ccc2F)=CC1(CO)c1ccccc1)C1CCN(C(=O)CN)CC1. The Hall–Kier alpha value is -3.30. The van der Waals surface area contributed by atoms with Crippen LogP contribution < -0.4 is 5.73 Å². The normalized spacial score (nSPS) is 20.7. The lowest BCUT2D eigenvalue weighted by molar-refractivity contribution is -0.131. The van der Waals surface area contributed by atoms with Crippen LogP contribution in [0.5, 0.6) is 0 Å². The molecule has 2 aliphatic heterocycles. The van der Waals surface area contributed by atoms with Gasteiger partial charge >= 0.3 is 6.03 Å². The first-order valence-electron chi connectivity index (χ1n) is 11.7. The average Bonchev–Trinajstić information content (AvgIpc) is 3.30. The van der Waals surface area contributed by atoms with Crippen molar-refractivity contribution < 1.29 is 23.5 Å². The van der Waals surface area contributed by atoms with Gasteiger partial charge in [0.2, 0.25) is 5.91 Å². The summed E-state index contributed by atoms with van der Waals surface area (Å²) in [5.41, 5.74) is 5.38. The van der Waals surface area contributed by atoms with Crippen LogP contribution in [-0.2, 0) is 10.3 Å². The molecule has 3 amide bonds. The van der Waals surface area contributed by atoms with E-state index in [2.05, 4.69) is 0 Å². The van der Waals surface area contributed by atoms with Crippen LogP contribution in [0.3, 0.4) is 0 Å². The minimum atomic E-state index is -1.24. The van der Waals surface area contributed by atoms with Gasteiger partial charge in [0.05, 0.1) is 13.2 Å². The van der Waals surface area contributed by atoms with Gasteiger partial charge in [-0.2, -0.15) is 0 Å². The van der Waals surface area contributed by atoms with Crippen molar-refractivity contribution in [3.05, 3.63) is 77.4 Å². The number of carbonyl (C=O) groups is 2. The van der Waals surface area contributed by atoms with Crippen LogP contribution in [0, 0.1) is 11.6 Å². The number of amides is 3. The highest BCUT2D eigenvalue weighted by Crippen LogP contribution is 2.41. The zero-order valence-corrected chi connectivity index (χ0v) is 19.7. The highest BCUT2D eigenvalue weighted by Gasteiger charge is 2.46. The summed E-state index contributed by atoms with van der Waals surface area (Å²) in [5.74, 6) is -1.30. The molecule has 7 nitrogen and oxygen atoms in total. The number of aliphatic hydroxyl groups excluding tert-OH is 1. The van der Waals surface area contributed by atoms with Gasteiger partial charge in [0.25, 0.3) is 0 Å². The van der Waals surface area contributed by atoms with E-state index in [1.807, 2.05) is 6.07 Å². The molecule has 0 saturated carbocycles. The van der Waals surface area contributed by atoms with E-state index < -0.39 is 23.8 Å². The molecule has 9 heteroatoms. The van der Waals surface area contributed by atoms with Crippen molar-refractivity contribution in [2.45, 2.75) is 24.4 Å². The number of nitrogens with zero attached hydrogens (tertiary/aromatic N) is 3. The molecule has 4 rings (SSSR count). The van der Waals surface area contributed by atoms with Crippen LogP contribution in [0.15, 0.2) is 54.6 Å². The van der Waals surface area contributed by atoms with Gasteiger partial charge in [0.1, 0.15) is 17.2 Å². The lowest BCUT2D eigenvalue weighted by Gasteiger charge is -2.42. The first-order valence-corrected chi connectivity index (χ1v) is 11.7. The molecule has 2 aromatic carbocycles. The maximum absolute atomic E-state index is 14.7. The van der Waals surface area contributed by atoms with E-state index in [4.69, 9.17) is 5.73 Å². The van der Waals surface area contributed by atoms with Crippen LogP contribution in [0.25, 0.3) is 5.57 Å². The molecule has 2 heterocycles. The Kier molecular flexibility index (Phi) is 7.18. The van der Waals surface area contributed by atoms with Crippen LogP contribution in [0.2, 0.25) is 0 Å². The topological polar surface area (TPSA) is 90.1 Å². The van der Waals surface area contributed by atoms with Gasteiger partial charge < -0.3 is 25.5 Å². The molecular formula is C26H30F2N4O3. The number of nitrogens with two attached hydrogens (primary N) is 1. The summed E-state index contributed by atoms with van der Waals surface area (Å²) in [6, 6.07) is 11.8. The summed E-state index contributed by atoms with van der Waals surface area (Å²) < 4.78 is 28.6. The van der Waals surface area contributed by atoms with Gasteiger partial charge in [-0.3, -0.25) is 4.79 Å². The van der Waals surface area contributed by atoms with Gasteiger partial charge in [0, 0.05) is 38.3 Å². The zero-order chi connectivity index (χ0) is 25.2. The highest BCUT2D eigenvalue weighted by atomic mass is 19.1. The van der Waals surface area contributed by atoms with E-state index in [9.17, 15) is 23.5 Å². The largest absolute Gasteiger partial charge is 0.393 e. The van der Waals surface area contributed by atoms with E-state index in [1.165, 1.54) is 4.90 Å². The lowest BCUT2D eigenvalue weighted by atomic mass is 9.89. The van der Waals surface area contributed by atoms with Gasteiger partial charge in [-0.15, -0.1) is 0 Å². The third-order valence-corrected chi connectivity index (χ3v) is 7.08. The number of hydrogen-bond donors (Lipinski definition) is 2. The Labute approximate surface area is 203 Å². The molecule has 35 heavy (non-hydrogen) atoms. The first kappa shape index (κ1) is 24.8. The van der Waals surface area contributed by atoms with Crippen LogP contribution in [0.4, 0.5) is 13.6 Å². The number of likely N-dealkylation sites (tertiary alicyclic amines) is 1. The fraction of sp³-hybridized carbons (Fsp3) is 0.385. The molecule has 1 saturated heterocycles. The highest BCUT2D eigenvalue weighted by molar-refractivity contribution is 5.84. The molecule has 3 N–H and O–H groups in total. The number of urea groups is 1. The Balaban J connectivity index is 1.66. The Bertz CT molecular complexity index is 1120. The number of aliphatic hydroxyl groups is 1. The number of piperidine rings is 1. The second-order valence-corrected chi connectivity index (χ2v) is 9.04. The summed E-state index contributed by atoms with van der Waals surface area (Å²) in [5, 5.41) is 10.6. The van der Waals surface area contributed by atoms with Crippen molar-refractivity contribution >= 4 is 17.5 Å². The number of benzene rings is 2. The van der Waals surface area contributed by atoms with E-state index in [1.54, 1.807) is 47.2 Å².